The zero-order valence-electron chi connectivity index (χ0n) is 18.3. The van der Waals surface area contributed by atoms with Crippen LogP contribution in [0.15, 0.2) is 91.3 Å². The standard InChI is InChI=1S/C27H25FN4O/c1-19(7-8-20-5-3-2-4-6-20)31-27(33)22-11-15-24(16-12-22)32-26-17-25(29-18-30-26)21-9-13-23(28)14-10-21/h2-6,9-19H,7-8H2,1H3,(H,31,33)(H,29,30,32)/t19-/m0/s1. The number of nitrogens with zero attached hydrogens (tertiary/aromatic N) is 2. The lowest BCUT2D eigenvalue weighted by atomic mass is 10.1. The van der Waals surface area contributed by atoms with Crippen LogP contribution in [-0.4, -0.2) is 21.9 Å². The van der Waals surface area contributed by atoms with E-state index in [4.69, 9.17) is 0 Å². The number of hydrogen-bond donors (Lipinski definition) is 2. The molecular formula is C27H25FN4O. The molecule has 3 aromatic carbocycles. The molecule has 0 aliphatic heterocycles. The predicted molar refractivity (Wildman–Crippen MR) is 129 cm³/mol. The number of hydrogen-bond acceptors (Lipinski definition) is 4. The highest BCUT2D eigenvalue weighted by atomic mass is 19.1. The fraction of sp³-hybridized carbons (Fsp3) is 0.148. The average Bonchev–Trinajstić information content (AvgIpc) is 2.84. The number of amides is 1. The van der Waals surface area contributed by atoms with E-state index in [0.29, 0.717) is 17.1 Å². The van der Waals surface area contributed by atoms with Crippen molar-refractivity contribution < 1.29 is 9.18 Å². The normalized spacial score (nSPS) is 11.6. The molecule has 1 heterocycles. The fourth-order valence-corrected chi connectivity index (χ4v) is 3.46. The van der Waals surface area contributed by atoms with Crippen molar-refractivity contribution in [3.8, 4) is 11.3 Å². The molecule has 0 saturated carbocycles. The van der Waals surface area contributed by atoms with Gasteiger partial charge in [-0.3, -0.25) is 4.79 Å². The summed E-state index contributed by atoms with van der Waals surface area (Å²) in [5, 5.41) is 6.27. The SMILES string of the molecule is C[C@@H](CCc1ccccc1)NC(=O)c1ccc(Nc2cc(-c3ccc(F)cc3)ncn2)cc1. The van der Waals surface area contributed by atoms with Crippen LogP contribution in [0.3, 0.4) is 0 Å². The van der Waals surface area contributed by atoms with Crippen LogP contribution in [0, 0.1) is 5.82 Å². The molecule has 6 heteroatoms. The van der Waals surface area contributed by atoms with Gasteiger partial charge in [0.25, 0.3) is 5.91 Å². The summed E-state index contributed by atoms with van der Waals surface area (Å²) < 4.78 is 13.2. The number of carbonyl (C=O) groups excluding carboxylic acids is 1. The number of aryl methyl sites for hydroxylation is 1. The summed E-state index contributed by atoms with van der Waals surface area (Å²) in [4.78, 5) is 21.1. The first-order chi connectivity index (χ1) is 16.1. The predicted octanol–water partition coefficient (Wildman–Crippen LogP) is 5.78. The zero-order valence-corrected chi connectivity index (χ0v) is 18.3. The summed E-state index contributed by atoms with van der Waals surface area (Å²) in [6.45, 7) is 2.02. The molecule has 2 N–H and O–H groups in total. The number of rotatable bonds is 8. The summed E-state index contributed by atoms with van der Waals surface area (Å²) in [6.07, 6.45) is 3.25. The topological polar surface area (TPSA) is 66.9 Å². The van der Waals surface area contributed by atoms with Gasteiger partial charge in [-0.25, -0.2) is 14.4 Å². The smallest absolute Gasteiger partial charge is 0.251 e. The number of halogens is 1. The molecule has 166 valence electrons. The van der Waals surface area contributed by atoms with Crippen molar-refractivity contribution in [1.82, 2.24) is 15.3 Å². The first-order valence-electron chi connectivity index (χ1n) is 10.9. The Morgan fingerprint density at radius 2 is 1.67 bits per heavy atom. The molecular weight excluding hydrogens is 415 g/mol. The van der Waals surface area contributed by atoms with Crippen LogP contribution in [0.2, 0.25) is 0 Å². The third-order valence-corrected chi connectivity index (χ3v) is 5.31. The molecule has 33 heavy (non-hydrogen) atoms. The quantitative estimate of drug-likeness (QED) is 0.365. The maximum Gasteiger partial charge on any atom is 0.251 e. The number of aromatic nitrogens is 2. The van der Waals surface area contributed by atoms with Gasteiger partial charge < -0.3 is 10.6 Å². The maximum absolute atomic E-state index is 13.2. The van der Waals surface area contributed by atoms with E-state index in [2.05, 4.69) is 32.7 Å². The van der Waals surface area contributed by atoms with Gasteiger partial charge in [0.1, 0.15) is 18.0 Å². The minimum absolute atomic E-state index is 0.0707. The molecule has 0 aliphatic carbocycles. The molecule has 1 atom stereocenters. The number of carbonyl (C=O) groups is 1. The van der Waals surface area contributed by atoms with Crippen LogP contribution in [0.25, 0.3) is 11.3 Å². The van der Waals surface area contributed by atoms with Gasteiger partial charge >= 0.3 is 0 Å². The van der Waals surface area contributed by atoms with Crippen molar-refractivity contribution in [3.63, 3.8) is 0 Å². The molecule has 1 amide bonds. The third-order valence-electron chi connectivity index (χ3n) is 5.31. The lowest BCUT2D eigenvalue weighted by Gasteiger charge is -2.14. The highest BCUT2D eigenvalue weighted by Gasteiger charge is 2.10. The molecule has 0 spiro atoms. The molecule has 0 fully saturated rings. The highest BCUT2D eigenvalue weighted by molar-refractivity contribution is 5.94. The Labute approximate surface area is 192 Å². The largest absolute Gasteiger partial charge is 0.350 e. The van der Waals surface area contributed by atoms with E-state index in [-0.39, 0.29) is 17.8 Å². The van der Waals surface area contributed by atoms with Crippen LogP contribution in [0.5, 0.6) is 0 Å². The first-order valence-corrected chi connectivity index (χ1v) is 10.9. The van der Waals surface area contributed by atoms with Crippen LogP contribution in [0.1, 0.15) is 29.3 Å². The molecule has 4 rings (SSSR count). The van der Waals surface area contributed by atoms with E-state index in [0.717, 1.165) is 24.1 Å². The monoisotopic (exact) mass is 440 g/mol. The fourth-order valence-electron chi connectivity index (χ4n) is 3.46. The number of benzene rings is 3. The van der Waals surface area contributed by atoms with E-state index in [1.54, 1.807) is 30.3 Å². The van der Waals surface area contributed by atoms with Crippen molar-refractivity contribution in [2.75, 3.05) is 5.32 Å². The molecule has 0 unspecified atom stereocenters. The van der Waals surface area contributed by atoms with Crippen molar-refractivity contribution in [3.05, 3.63) is 108 Å². The molecule has 0 saturated heterocycles. The van der Waals surface area contributed by atoms with Gasteiger partial charge in [-0.2, -0.15) is 0 Å². The molecule has 1 aromatic heterocycles. The number of nitrogens with one attached hydrogen (secondary N) is 2. The Bertz CT molecular complexity index is 1190. The Kier molecular flexibility index (Phi) is 7.05. The Morgan fingerprint density at radius 3 is 2.39 bits per heavy atom. The van der Waals surface area contributed by atoms with E-state index < -0.39 is 0 Å². The molecule has 0 radical (unpaired) electrons. The van der Waals surface area contributed by atoms with Gasteiger partial charge in [-0.15, -0.1) is 0 Å². The second kappa shape index (κ2) is 10.5. The highest BCUT2D eigenvalue weighted by Crippen LogP contribution is 2.21. The minimum atomic E-state index is -0.291. The second-order valence-electron chi connectivity index (χ2n) is 7.90. The van der Waals surface area contributed by atoms with Gasteiger partial charge in [0.2, 0.25) is 0 Å². The summed E-state index contributed by atoms with van der Waals surface area (Å²) >= 11 is 0. The van der Waals surface area contributed by atoms with Crippen molar-refractivity contribution in [2.45, 2.75) is 25.8 Å². The van der Waals surface area contributed by atoms with Crippen LogP contribution >= 0.6 is 0 Å². The van der Waals surface area contributed by atoms with Gasteiger partial charge in [-0.1, -0.05) is 30.3 Å². The first kappa shape index (κ1) is 22.1. The average molecular weight is 441 g/mol. The maximum atomic E-state index is 13.2. The number of anilines is 2. The lowest BCUT2D eigenvalue weighted by molar-refractivity contribution is 0.0938. The third kappa shape index (κ3) is 6.23. The van der Waals surface area contributed by atoms with E-state index >= 15 is 0 Å². The van der Waals surface area contributed by atoms with Crippen LogP contribution in [0.4, 0.5) is 15.9 Å². The van der Waals surface area contributed by atoms with Gasteiger partial charge in [0.05, 0.1) is 5.69 Å². The Balaban J connectivity index is 1.34. The van der Waals surface area contributed by atoms with Crippen LogP contribution < -0.4 is 10.6 Å². The summed E-state index contributed by atoms with van der Waals surface area (Å²) in [6, 6.07) is 25.5. The van der Waals surface area contributed by atoms with Crippen molar-refractivity contribution in [2.24, 2.45) is 0 Å². The Hall–Kier alpha value is -4.06. The molecule has 4 aromatic rings. The molecule has 0 aliphatic rings. The Morgan fingerprint density at radius 1 is 0.939 bits per heavy atom. The van der Waals surface area contributed by atoms with E-state index in [9.17, 15) is 9.18 Å². The van der Waals surface area contributed by atoms with E-state index in [1.807, 2.05) is 37.3 Å². The van der Waals surface area contributed by atoms with Gasteiger partial charge in [-0.05, 0) is 73.9 Å². The van der Waals surface area contributed by atoms with Crippen molar-refractivity contribution >= 4 is 17.4 Å². The van der Waals surface area contributed by atoms with Crippen molar-refractivity contribution in [1.29, 1.82) is 0 Å². The summed E-state index contributed by atoms with van der Waals surface area (Å²) in [7, 11) is 0. The second-order valence-corrected chi connectivity index (χ2v) is 7.90. The zero-order chi connectivity index (χ0) is 23.0. The van der Waals surface area contributed by atoms with E-state index in [1.165, 1.54) is 24.0 Å². The van der Waals surface area contributed by atoms with Gasteiger partial charge in [0, 0.05) is 28.9 Å². The molecule has 5 nitrogen and oxygen atoms in total. The lowest BCUT2D eigenvalue weighted by Crippen LogP contribution is -2.32. The summed E-state index contributed by atoms with van der Waals surface area (Å²) in [5.41, 5.74) is 4.15. The summed E-state index contributed by atoms with van der Waals surface area (Å²) in [5.74, 6) is 0.222. The minimum Gasteiger partial charge on any atom is -0.350 e. The van der Waals surface area contributed by atoms with Gasteiger partial charge in [0.15, 0.2) is 0 Å². The van der Waals surface area contributed by atoms with Crippen LogP contribution in [-0.2, 0) is 6.42 Å². The molecule has 0 bridgehead atoms.